The predicted molar refractivity (Wildman–Crippen MR) is 100 cm³/mol. The molecule has 1 saturated heterocycles. The van der Waals surface area contributed by atoms with E-state index in [0.29, 0.717) is 30.0 Å². The van der Waals surface area contributed by atoms with Crippen LogP contribution in [0, 0.1) is 19.8 Å². The molecule has 1 aliphatic heterocycles. The highest BCUT2D eigenvalue weighted by Gasteiger charge is 2.29. The molecule has 0 bridgehead atoms. The van der Waals surface area contributed by atoms with Gasteiger partial charge in [0.15, 0.2) is 5.78 Å². The third kappa shape index (κ3) is 4.08. The Morgan fingerprint density at radius 2 is 1.96 bits per heavy atom. The van der Waals surface area contributed by atoms with Gasteiger partial charge in [0.2, 0.25) is 5.91 Å². The smallest absolute Gasteiger partial charge is 0.244 e. The minimum Gasteiger partial charge on any atom is -0.387 e. The summed E-state index contributed by atoms with van der Waals surface area (Å²) < 4.78 is 1.61. The van der Waals surface area contributed by atoms with Crippen LogP contribution in [0.1, 0.15) is 53.3 Å². The second-order valence-electron chi connectivity index (χ2n) is 7.18. The lowest BCUT2D eigenvalue weighted by atomic mass is 9.89. The number of aromatic nitrogens is 3. The topological polar surface area (TPSA) is 88.3 Å². The Bertz CT molecular complexity index is 823. The highest BCUT2D eigenvalue weighted by atomic mass is 16.3. The van der Waals surface area contributed by atoms with Gasteiger partial charge in [-0.05, 0) is 51.7 Å². The number of piperidine rings is 1. The van der Waals surface area contributed by atoms with Crippen molar-refractivity contribution in [2.45, 2.75) is 46.3 Å². The van der Waals surface area contributed by atoms with Crippen LogP contribution in [0.2, 0.25) is 0 Å². The summed E-state index contributed by atoms with van der Waals surface area (Å²) >= 11 is 0. The fraction of sp³-hybridized carbons (Fsp3) is 0.500. The molecule has 7 nitrogen and oxygen atoms in total. The zero-order valence-electron chi connectivity index (χ0n) is 16.1. The normalized spacial score (nSPS) is 16.4. The first kappa shape index (κ1) is 19.2. The lowest BCUT2D eigenvalue weighted by Gasteiger charge is -2.34. The standard InChI is InChI=1S/C20H26N4O3/c1-13-19(15(3)25)14(2)24(22-13)12-18(26)23-10-7-16(8-11-23)20(27)17-6-4-5-9-21-17/h4-6,9,16,20,27H,7-8,10-12H2,1-3H3/t20-/m0/s1. The Kier molecular flexibility index (Phi) is 5.70. The predicted octanol–water partition coefficient (Wildman–Crippen LogP) is 2.07. The van der Waals surface area contributed by atoms with Gasteiger partial charge in [-0.25, -0.2) is 0 Å². The summed E-state index contributed by atoms with van der Waals surface area (Å²) in [5.41, 5.74) is 2.67. The molecule has 1 N–H and O–H groups in total. The summed E-state index contributed by atoms with van der Waals surface area (Å²) in [6.07, 6.45) is 2.55. The van der Waals surface area contributed by atoms with Crippen LogP contribution in [0.3, 0.4) is 0 Å². The Hall–Kier alpha value is -2.54. The molecule has 3 rings (SSSR count). The molecule has 0 aromatic carbocycles. The van der Waals surface area contributed by atoms with Gasteiger partial charge in [0.25, 0.3) is 0 Å². The van der Waals surface area contributed by atoms with Crippen LogP contribution in [-0.2, 0) is 11.3 Å². The Morgan fingerprint density at radius 1 is 1.26 bits per heavy atom. The number of aliphatic hydroxyl groups excluding tert-OH is 1. The SMILES string of the molecule is CC(=O)c1c(C)nn(CC(=O)N2CCC([C@H](O)c3ccccn3)CC2)c1C. The number of likely N-dealkylation sites (tertiary alicyclic amines) is 1. The number of nitrogens with zero attached hydrogens (tertiary/aromatic N) is 4. The summed E-state index contributed by atoms with van der Waals surface area (Å²) in [6, 6.07) is 5.53. The highest BCUT2D eigenvalue weighted by molar-refractivity contribution is 5.96. The molecule has 0 radical (unpaired) electrons. The van der Waals surface area contributed by atoms with Crippen LogP contribution in [0.15, 0.2) is 24.4 Å². The average molecular weight is 370 g/mol. The molecule has 1 atom stereocenters. The van der Waals surface area contributed by atoms with Crippen molar-refractivity contribution in [3.8, 4) is 0 Å². The number of hydrogen-bond donors (Lipinski definition) is 1. The number of ketones is 1. The van der Waals surface area contributed by atoms with Crippen molar-refractivity contribution in [2.75, 3.05) is 13.1 Å². The van der Waals surface area contributed by atoms with Crippen molar-refractivity contribution in [1.82, 2.24) is 19.7 Å². The van der Waals surface area contributed by atoms with Crippen molar-refractivity contribution in [3.05, 3.63) is 47.0 Å². The minimum absolute atomic E-state index is 0.0125. The van der Waals surface area contributed by atoms with Crippen molar-refractivity contribution < 1.29 is 14.7 Å². The van der Waals surface area contributed by atoms with Gasteiger partial charge in [-0.1, -0.05) is 6.07 Å². The van der Waals surface area contributed by atoms with Gasteiger partial charge >= 0.3 is 0 Å². The quantitative estimate of drug-likeness (QED) is 0.814. The maximum absolute atomic E-state index is 12.7. The van der Waals surface area contributed by atoms with Gasteiger partial charge < -0.3 is 10.0 Å². The Morgan fingerprint density at radius 3 is 2.52 bits per heavy atom. The fourth-order valence-corrected chi connectivity index (χ4v) is 3.85. The van der Waals surface area contributed by atoms with Gasteiger partial charge in [0.05, 0.1) is 23.1 Å². The lowest BCUT2D eigenvalue weighted by Crippen LogP contribution is -2.41. The average Bonchev–Trinajstić information content (AvgIpc) is 2.95. The number of carbonyl (C=O) groups is 2. The van der Waals surface area contributed by atoms with Crippen LogP contribution >= 0.6 is 0 Å². The van der Waals surface area contributed by atoms with Crippen molar-refractivity contribution in [2.24, 2.45) is 5.92 Å². The number of Topliss-reactive ketones (excluding diaryl/α,β-unsaturated/α-hetero) is 1. The monoisotopic (exact) mass is 370 g/mol. The molecule has 2 aromatic rings. The molecule has 144 valence electrons. The molecule has 0 unspecified atom stereocenters. The van der Waals surface area contributed by atoms with E-state index < -0.39 is 6.10 Å². The van der Waals surface area contributed by atoms with E-state index in [9.17, 15) is 14.7 Å². The van der Waals surface area contributed by atoms with Crippen LogP contribution in [0.4, 0.5) is 0 Å². The maximum Gasteiger partial charge on any atom is 0.244 e. The van der Waals surface area contributed by atoms with Gasteiger partial charge in [-0.2, -0.15) is 5.10 Å². The number of hydrogen-bond acceptors (Lipinski definition) is 5. The summed E-state index contributed by atoms with van der Waals surface area (Å²) in [6.45, 7) is 6.46. The fourth-order valence-electron chi connectivity index (χ4n) is 3.85. The number of aryl methyl sites for hydroxylation is 1. The molecule has 0 aliphatic carbocycles. The molecule has 1 amide bonds. The van der Waals surface area contributed by atoms with E-state index in [0.717, 1.165) is 18.5 Å². The van der Waals surface area contributed by atoms with Crippen LogP contribution < -0.4 is 0 Å². The van der Waals surface area contributed by atoms with E-state index in [1.807, 2.05) is 30.0 Å². The van der Waals surface area contributed by atoms with E-state index in [-0.39, 0.29) is 24.2 Å². The first-order valence-corrected chi connectivity index (χ1v) is 9.30. The minimum atomic E-state index is -0.599. The van der Waals surface area contributed by atoms with Crippen LogP contribution in [0.25, 0.3) is 0 Å². The second kappa shape index (κ2) is 8.00. The van der Waals surface area contributed by atoms with E-state index in [1.54, 1.807) is 17.8 Å². The molecule has 1 aliphatic rings. The zero-order chi connectivity index (χ0) is 19.6. The Balaban J connectivity index is 1.59. The third-order valence-electron chi connectivity index (χ3n) is 5.35. The number of carbonyl (C=O) groups excluding carboxylic acids is 2. The number of aliphatic hydroxyl groups is 1. The Labute approximate surface area is 159 Å². The first-order valence-electron chi connectivity index (χ1n) is 9.30. The second-order valence-corrected chi connectivity index (χ2v) is 7.18. The van der Waals surface area contributed by atoms with E-state index in [2.05, 4.69) is 10.1 Å². The third-order valence-corrected chi connectivity index (χ3v) is 5.35. The number of pyridine rings is 1. The van der Waals surface area contributed by atoms with Gasteiger partial charge in [0.1, 0.15) is 6.54 Å². The molecular weight excluding hydrogens is 344 g/mol. The van der Waals surface area contributed by atoms with Gasteiger partial charge in [-0.3, -0.25) is 19.3 Å². The molecule has 0 spiro atoms. The lowest BCUT2D eigenvalue weighted by molar-refractivity contribution is -0.134. The number of amides is 1. The van der Waals surface area contributed by atoms with E-state index >= 15 is 0 Å². The molecular formula is C20H26N4O3. The van der Waals surface area contributed by atoms with Gasteiger partial charge in [-0.15, -0.1) is 0 Å². The molecule has 2 aromatic heterocycles. The summed E-state index contributed by atoms with van der Waals surface area (Å²) in [5, 5.41) is 14.9. The maximum atomic E-state index is 12.7. The molecule has 27 heavy (non-hydrogen) atoms. The summed E-state index contributed by atoms with van der Waals surface area (Å²) in [5.74, 6) is 0.0523. The molecule has 7 heteroatoms. The highest BCUT2D eigenvalue weighted by Crippen LogP contribution is 2.29. The van der Waals surface area contributed by atoms with Crippen LogP contribution in [0.5, 0.6) is 0 Å². The van der Waals surface area contributed by atoms with Crippen LogP contribution in [-0.4, -0.2) is 49.6 Å². The molecule has 1 fully saturated rings. The summed E-state index contributed by atoms with van der Waals surface area (Å²) in [7, 11) is 0. The first-order chi connectivity index (χ1) is 12.9. The van der Waals surface area contributed by atoms with E-state index in [4.69, 9.17) is 0 Å². The number of rotatable bonds is 5. The summed E-state index contributed by atoms with van der Waals surface area (Å²) in [4.78, 5) is 30.4. The van der Waals surface area contributed by atoms with Crippen molar-refractivity contribution in [3.63, 3.8) is 0 Å². The van der Waals surface area contributed by atoms with Gasteiger partial charge in [0, 0.05) is 25.0 Å². The van der Waals surface area contributed by atoms with Crippen molar-refractivity contribution >= 4 is 11.7 Å². The zero-order valence-corrected chi connectivity index (χ0v) is 16.1. The molecule has 3 heterocycles. The van der Waals surface area contributed by atoms with E-state index in [1.165, 1.54) is 6.92 Å². The largest absolute Gasteiger partial charge is 0.387 e. The molecule has 0 saturated carbocycles. The van der Waals surface area contributed by atoms with Crippen molar-refractivity contribution in [1.29, 1.82) is 0 Å².